The third-order valence-electron chi connectivity index (χ3n) is 10.2. The molecule has 48 heavy (non-hydrogen) atoms. The predicted octanol–water partition coefficient (Wildman–Crippen LogP) is 13.6. The van der Waals surface area contributed by atoms with Crippen molar-refractivity contribution in [1.82, 2.24) is 0 Å². The van der Waals surface area contributed by atoms with Gasteiger partial charge >= 0.3 is 0 Å². The Balaban J connectivity index is 1.27. The first-order valence-electron chi connectivity index (χ1n) is 16.7. The number of hydrogen-bond donors (Lipinski definition) is 0. The van der Waals surface area contributed by atoms with Gasteiger partial charge in [0.2, 0.25) is 0 Å². The van der Waals surface area contributed by atoms with Gasteiger partial charge in [0.15, 0.2) is 0 Å². The van der Waals surface area contributed by atoms with Crippen molar-refractivity contribution in [1.29, 1.82) is 0 Å². The number of hydrogen-bond acceptors (Lipinski definition) is 0. The zero-order valence-electron chi connectivity index (χ0n) is 26.3. The zero-order chi connectivity index (χ0) is 31.6. The molecule has 0 N–H and O–H groups in total. The lowest BCUT2D eigenvalue weighted by molar-refractivity contribution is 1.64. The van der Waals surface area contributed by atoms with E-state index >= 15 is 0 Å². The van der Waals surface area contributed by atoms with Gasteiger partial charge in [0.05, 0.1) is 0 Å². The Morgan fingerprint density at radius 3 is 1.44 bits per heavy atom. The van der Waals surface area contributed by atoms with Gasteiger partial charge in [0.25, 0.3) is 0 Å². The molecule has 0 unspecified atom stereocenters. The van der Waals surface area contributed by atoms with Crippen molar-refractivity contribution in [2.45, 2.75) is 0 Å². The van der Waals surface area contributed by atoms with Crippen LogP contribution >= 0.6 is 0 Å². The van der Waals surface area contributed by atoms with Gasteiger partial charge < -0.3 is 0 Å². The summed E-state index contributed by atoms with van der Waals surface area (Å²) in [5.74, 6) is 0. The van der Waals surface area contributed by atoms with Crippen molar-refractivity contribution in [2.24, 2.45) is 0 Å². The summed E-state index contributed by atoms with van der Waals surface area (Å²) in [4.78, 5) is 0. The van der Waals surface area contributed by atoms with Gasteiger partial charge in [-0.05, 0) is 110 Å². The molecule has 0 heteroatoms. The second-order valence-corrected chi connectivity index (χ2v) is 12.9. The molecule has 0 spiro atoms. The summed E-state index contributed by atoms with van der Waals surface area (Å²) in [7, 11) is 0. The molecule has 10 rings (SSSR count). The lowest BCUT2D eigenvalue weighted by Gasteiger charge is -2.18. The van der Waals surface area contributed by atoms with E-state index in [1.807, 2.05) is 0 Å². The minimum absolute atomic E-state index is 1.23. The Hall–Kier alpha value is -6.24. The van der Waals surface area contributed by atoms with Crippen molar-refractivity contribution in [3.63, 3.8) is 0 Å². The Morgan fingerprint density at radius 1 is 0.208 bits per heavy atom. The standard InChI is InChI=1S/C48H30/c1-4-14-38-31(9-1)12-7-17-41(38)36-20-19-34-22-28-46(43-18-8-13-32-10-2-5-15-39(32)43)48(47(34)30-36)37-24-25-42-35(29-37)23-27-44-40-16-6-3-11-33(40)21-26-45(42)44/h1-30H. The molecule has 0 aliphatic heterocycles. The minimum Gasteiger partial charge on any atom is -0.0616 e. The largest absolute Gasteiger partial charge is 0.0616 e. The maximum atomic E-state index is 2.41. The summed E-state index contributed by atoms with van der Waals surface area (Å²) in [5, 5.41) is 15.3. The molecular weight excluding hydrogens is 577 g/mol. The van der Waals surface area contributed by atoms with Gasteiger partial charge in [0, 0.05) is 0 Å². The van der Waals surface area contributed by atoms with Crippen LogP contribution in [0.3, 0.4) is 0 Å². The van der Waals surface area contributed by atoms with Crippen molar-refractivity contribution in [3.8, 4) is 33.4 Å². The maximum absolute atomic E-state index is 2.41. The highest BCUT2D eigenvalue weighted by molar-refractivity contribution is 6.18. The van der Waals surface area contributed by atoms with Crippen LogP contribution in [0.4, 0.5) is 0 Å². The van der Waals surface area contributed by atoms with Gasteiger partial charge in [-0.15, -0.1) is 0 Å². The fourth-order valence-corrected chi connectivity index (χ4v) is 7.94. The zero-order valence-corrected chi connectivity index (χ0v) is 26.3. The molecule has 0 atom stereocenters. The van der Waals surface area contributed by atoms with E-state index in [4.69, 9.17) is 0 Å². The molecule has 0 aliphatic rings. The van der Waals surface area contributed by atoms with Crippen LogP contribution in [0.25, 0.3) is 98.0 Å². The average Bonchev–Trinajstić information content (AvgIpc) is 3.16. The minimum atomic E-state index is 1.23. The molecule has 10 aromatic carbocycles. The molecule has 0 bridgehead atoms. The molecule has 0 aromatic heterocycles. The molecular formula is C48H30. The second kappa shape index (κ2) is 10.7. The van der Waals surface area contributed by atoms with Crippen molar-refractivity contribution in [3.05, 3.63) is 182 Å². The molecule has 0 heterocycles. The molecule has 0 nitrogen and oxygen atoms in total. The fourth-order valence-electron chi connectivity index (χ4n) is 7.94. The quantitative estimate of drug-likeness (QED) is 0.176. The summed E-state index contributed by atoms with van der Waals surface area (Å²) < 4.78 is 0. The Morgan fingerprint density at radius 2 is 0.688 bits per heavy atom. The van der Waals surface area contributed by atoms with Crippen molar-refractivity contribution in [2.75, 3.05) is 0 Å². The third-order valence-corrected chi connectivity index (χ3v) is 10.2. The first-order chi connectivity index (χ1) is 23.8. The molecule has 222 valence electrons. The molecule has 0 fully saturated rings. The third kappa shape index (κ3) is 4.16. The van der Waals surface area contributed by atoms with E-state index in [1.54, 1.807) is 0 Å². The maximum Gasteiger partial charge on any atom is -0.00262 e. The topological polar surface area (TPSA) is 0 Å². The van der Waals surface area contributed by atoms with Gasteiger partial charge in [0.1, 0.15) is 0 Å². The monoisotopic (exact) mass is 606 g/mol. The number of benzene rings is 10. The smallest absolute Gasteiger partial charge is 0.00262 e. The predicted molar refractivity (Wildman–Crippen MR) is 208 cm³/mol. The van der Waals surface area contributed by atoms with E-state index in [1.165, 1.54) is 98.0 Å². The molecule has 0 saturated heterocycles. The van der Waals surface area contributed by atoms with Crippen molar-refractivity contribution < 1.29 is 0 Å². The number of rotatable bonds is 3. The van der Waals surface area contributed by atoms with E-state index in [2.05, 4.69) is 182 Å². The van der Waals surface area contributed by atoms with Crippen LogP contribution in [0.15, 0.2) is 182 Å². The van der Waals surface area contributed by atoms with Gasteiger partial charge in [-0.3, -0.25) is 0 Å². The lowest BCUT2D eigenvalue weighted by Crippen LogP contribution is -1.91. The average molecular weight is 607 g/mol. The second-order valence-electron chi connectivity index (χ2n) is 12.9. The first kappa shape index (κ1) is 26.9. The van der Waals surface area contributed by atoms with Crippen LogP contribution in [0.5, 0.6) is 0 Å². The van der Waals surface area contributed by atoms with Crippen LogP contribution in [0, 0.1) is 0 Å². The van der Waals surface area contributed by atoms with Crippen LogP contribution in [0.2, 0.25) is 0 Å². The highest BCUT2D eigenvalue weighted by Crippen LogP contribution is 2.44. The van der Waals surface area contributed by atoms with Crippen LogP contribution in [-0.4, -0.2) is 0 Å². The Kier molecular flexibility index (Phi) is 5.98. The summed E-state index contributed by atoms with van der Waals surface area (Å²) >= 11 is 0. The van der Waals surface area contributed by atoms with E-state index in [9.17, 15) is 0 Å². The van der Waals surface area contributed by atoms with Crippen molar-refractivity contribution >= 4 is 64.6 Å². The van der Waals surface area contributed by atoms with Crippen LogP contribution in [-0.2, 0) is 0 Å². The van der Waals surface area contributed by atoms with E-state index in [0.29, 0.717) is 0 Å². The van der Waals surface area contributed by atoms with E-state index in [0.717, 1.165) is 0 Å². The van der Waals surface area contributed by atoms with E-state index in [-0.39, 0.29) is 0 Å². The highest BCUT2D eigenvalue weighted by atomic mass is 14.2. The molecule has 10 aromatic rings. The normalized spacial score (nSPS) is 11.8. The highest BCUT2D eigenvalue weighted by Gasteiger charge is 2.17. The molecule has 0 radical (unpaired) electrons. The summed E-state index contributed by atoms with van der Waals surface area (Å²) in [6.07, 6.45) is 0. The number of fused-ring (bicyclic) bond motifs is 8. The van der Waals surface area contributed by atoms with Crippen LogP contribution < -0.4 is 0 Å². The summed E-state index contributed by atoms with van der Waals surface area (Å²) in [6, 6.07) is 67.2. The summed E-state index contributed by atoms with van der Waals surface area (Å²) in [5.41, 5.74) is 7.49. The molecule has 0 aliphatic carbocycles. The van der Waals surface area contributed by atoms with Crippen LogP contribution in [0.1, 0.15) is 0 Å². The van der Waals surface area contributed by atoms with E-state index < -0.39 is 0 Å². The van der Waals surface area contributed by atoms with Gasteiger partial charge in [-0.1, -0.05) is 170 Å². The molecule has 0 saturated carbocycles. The Labute approximate surface area is 279 Å². The molecule has 0 amide bonds. The fraction of sp³-hybridized carbons (Fsp3) is 0. The lowest BCUT2D eigenvalue weighted by atomic mass is 9.85. The summed E-state index contributed by atoms with van der Waals surface area (Å²) in [6.45, 7) is 0. The SMILES string of the molecule is c1ccc2c(-c3ccc4ccc(-c5cccc6ccccc56)c(-c5ccc6c(ccc7c8ccccc8ccc67)c5)c4c3)cccc2c1. The van der Waals surface area contributed by atoms with Gasteiger partial charge in [-0.25, -0.2) is 0 Å². The first-order valence-corrected chi connectivity index (χ1v) is 16.7. The van der Waals surface area contributed by atoms with Gasteiger partial charge in [-0.2, -0.15) is 0 Å². The Bertz CT molecular complexity index is 2870.